The lowest BCUT2D eigenvalue weighted by molar-refractivity contribution is 0.986. The first kappa shape index (κ1) is 30.9. The number of para-hydroxylation sites is 2. The van der Waals surface area contributed by atoms with E-state index in [9.17, 15) is 0 Å². The van der Waals surface area contributed by atoms with Crippen LogP contribution in [-0.2, 0) is 0 Å². The summed E-state index contributed by atoms with van der Waals surface area (Å²) < 4.78 is 2.47. The Kier molecular flexibility index (Phi) is 7.83. The Bertz CT molecular complexity index is 2780. The van der Waals surface area contributed by atoms with E-state index in [0.717, 1.165) is 79.5 Å². The maximum atomic E-state index is 5.38. The van der Waals surface area contributed by atoms with E-state index in [-0.39, 0.29) is 0 Å². The molecule has 0 fully saturated rings. The Balaban J connectivity index is 1.26. The Labute approximate surface area is 300 Å². The molecule has 0 N–H and O–H groups in total. The van der Waals surface area contributed by atoms with E-state index >= 15 is 0 Å². The molecule has 0 aliphatic heterocycles. The van der Waals surface area contributed by atoms with Gasteiger partial charge in [-0.15, -0.1) is 11.3 Å². The molecular weight excluding hydrogens is 641 g/mol. The van der Waals surface area contributed by atoms with Gasteiger partial charge in [-0.25, -0.2) is 15.0 Å². The fourth-order valence-corrected chi connectivity index (χ4v) is 8.52. The van der Waals surface area contributed by atoms with Crippen LogP contribution in [0.5, 0.6) is 0 Å². The minimum atomic E-state index is 0.622. The second-order valence-corrected chi connectivity index (χ2v) is 13.7. The zero-order valence-corrected chi connectivity index (χ0v) is 29.1. The van der Waals surface area contributed by atoms with Crippen LogP contribution in [-0.4, -0.2) is 15.0 Å². The molecule has 51 heavy (non-hydrogen) atoms. The van der Waals surface area contributed by atoms with Crippen LogP contribution in [0.2, 0.25) is 0 Å². The zero-order chi connectivity index (χ0) is 34.3. The number of allylic oxidation sites excluding steroid dienone is 7. The van der Waals surface area contributed by atoms with E-state index in [4.69, 9.17) is 15.0 Å². The van der Waals surface area contributed by atoms with Gasteiger partial charge < -0.3 is 4.90 Å². The largest absolute Gasteiger partial charge is 0.311 e. The molecule has 8 aromatic rings. The van der Waals surface area contributed by atoms with Gasteiger partial charge >= 0.3 is 0 Å². The number of nitrogens with zero attached hydrogens (tertiary/aromatic N) is 4. The number of hydrogen-bond acceptors (Lipinski definition) is 5. The summed E-state index contributed by atoms with van der Waals surface area (Å²) in [6, 6.07) is 38.5. The second kappa shape index (κ2) is 12.9. The summed E-state index contributed by atoms with van der Waals surface area (Å²) in [7, 11) is 0. The predicted molar refractivity (Wildman–Crippen MR) is 218 cm³/mol. The molecule has 1 aliphatic rings. The lowest BCUT2D eigenvalue weighted by atomic mass is 10.00. The summed E-state index contributed by atoms with van der Waals surface area (Å²) in [4.78, 5) is 18.2. The van der Waals surface area contributed by atoms with Gasteiger partial charge in [0.25, 0.3) is 0 Å². The fourth-order valence-electron chi connectivity index (χ4n) is 7.27. The highest BCUT2D eigenvalue weighted by atomic mass is 32.1. The lowest BCUT2D eigenvalue weighted by Crippen LogP contribution is -2.20. The molecule has 9 rings (SSSR count). The molecule has 3 heterocycles. The Morgan fingerprint density at radius 1 is 0.706 bits per heavy atom. The van der Waals surface area contributed by atoms with Crippen LogP contribution in [0.1, 0.15) is 19.8 Å². The van der Waals surface area contributed by atoms with Gasteiger partial charge in [0.1, 0.15) is 5.69 Å². The Morgan fingerprint density at radius 2 is 1.43 bits per heavy atom. The number of hydrogen-bond donors (Lipinski definition) is 0. The topological polar surface area (TPSA) is 41.9 Å². The summed E-state index contributed by atoms with van der Waals surface area (Å²) in [5.41, 5.74) is 7.78. The van der Waals surface area contributed by atoms with Gasteiger partial charge in [0.2, 0.25) is 0 Å². The van der Waals surface area contributed by atoms with Crippen LogP contribution < -0.4 is 4.90 Å². The molecular formula is C46H34N4S. The standard InChI is InChI=1S/C46H34N4S/c1-3-14-31(15-4-2)50(32-16-6-5-7-17-32)33-26-24-30(25-27-33)43-38-20-9-12-22-40(38)48-46(49-43)44-42-36(34-18-8-11-21-39(34)47-44)28-29-37-35-19-10-13-23-41(35)51-45(37)42/h3-4,6,8-29H,1,5,7H2,2H3/b15-4-,31-14+. The maximum Gasteiger partial charge on any atom is 0.180 e. The molecule has 1 aliphatic carbocycles. The van der Waals surface area contributed by atoms with E-state index < -0.39 is 0 Å². The monoisotopic (exact) mass is 674 g/mol. The third kappa shape index (κ3) is 5.34. The molecule has 5 heteroatoms. The van der Waals surface area contributed by atoms with Gasteiger partial charge in [-0.2, -0.15) is 0 Å². The number of thiophene rings is 1. The van der Waals surface area contributed by atoms with E-state index in [0.29, 0.717) is 5.82 Å². The van der Waals surface area contributed by atoms with Crippen LogP contribution in [0.3, 0.4) is 0 Å². The SMILES string of the molecule is C=C/C=C(\C=C/C)N(C1=CCCC=C1)c1ccc(-c2nc(-c3nc4ccccc4c4ccc5c6ccccc6sc5c34)nc3ccccc23)cc1. The van der Waals surface area contributed by atoms with Gasteiger partial charge in [0.15, 0.2) is 5.82 Å². The van der Waals surface area contributed by atoms with E-state index in [1.807, 2.05) is 36.5 Å². The maximum absolute atomic E-state index is 5.38. The number of fused-ring (bicyclic) bond motifs is 8. The molecule has 0 atom stereocenters. The van der Waals surface area contributed by atoms with Gasteiger partial charge in [-0.3, -0.25) is 0 Å². The first-order valence-electron chi connectivity index (χ1n) is 17.3. The van der Waals surface area contributed by atoms with Crippen molar-refractivity contribution < 1.29 is 0 Å². The molecule has 3 aromatic heterocycles. The molecule has 0 unspecified atom stereocenters. The third-order valence-corrected chi connectivity index (χ3v) is 10.7. The molecule has 0 bridgehead atoms. The van der Waals surface area contributed by atoms with Crippen LogP contribution >= 0.6 is 11.3 Å². The molecule has 0 amide bonds. The van der Waals surface area contributed by atoms with Crippen LogP contribution in [0, 0.1) is 0 Å². The highest BCUT2D eigenvalue weighted by Crippen LogP contribution is 2.43. The molecule has 0 radical (unpaired) electrons. The van der Waals surface area contributed by atoms with E-state index in [2.05, 4.69) is 145 Å². The highest BCUT2D eigenvalue weighted by molar-refractivity contribution is 7.26. The first-order chi connectivity index (χ1) is 25.2. The van der Waals surface area contributed by atoms with Crippen molar-refractivity contribution in [1.29, 1.82) is 0 Å². The predicted octanol–water partition coefficient (Wildman–Crippen LogP) is 12.7. The number of rotatable bonds is 7. The van der Waals surface area contributed by atoms with Gasteiger partial charge in [-0.05, 0) is 73.7 Å². The summed E-state index contributed by atoms with van der Waals surface area (Å²) in [5.74, 6) is 0.622. The number of benzene rings is 5. The molecule has 0 saturated carbocycles. The summed E-state index contributed by atoms with van der Waals surface area (Å²) in [5, 5.41) is 6.87. The summed E-state index contributed by atoms with van der Waals surface area (Å²) >= 11 is 1.81. The lowest BCUT2D eigenvalue weighted by Gasteiger charge is -2.28. The van der Waals surface area contributed by atoms with E-state index in [1.165, 1.54) is 20.2 Å². The first-order valence-corrected chi connectivity index (χ1v) is 18.2. The Morgan fingerprint density at radius 3 is 2.20 bits per heavy atom. The molecule has 5 aromatic carbocycles. The Hall–Kier alpha value is -6.17. The molecule has 4 nitrogen and oxygen atoms in total. The molecule has 0 saturated heterocycles. The minimum Gasteiger partial charge on any atom is -0.311 e. The summed E-state index contributed by atoms with van der Waals surface area (Å²) in [6.07, 6.45) is 16.9. The minimum absolute atomic E-state index is 0.622. The van der Waals surface area contributed by atoms with Crippen molar-refractivity contribution in [3.63, 3.8) is 0 Å². The van der Waals surface area contributed by atoms with Crippen molar-refractivity contribution in [2.45, 2.75) is 19.8 Å². The smallest absolute Gasteiger partial charge is 0.180 e. The number of anilines is 1. The van der Waals surface area contributed by atoms with Crippen molar-refractivity contribution in [3.05, 3.63) is 170 Å². The van der Waals surface area contributed by atoms with Crippen LogP contribution in [0.15, 0.2) is 170 Å². The van der Waals surface area contributed by atoms with Crippen LogP contribution in [0.25, 0.3) is 75.5 Å². The second-order valence-electron chi connectivity index (χ2n) is 12.7. The normalized spacial score (nSPS) is 13.6. The van der Waals surface area contributed by atoms with Crippen molar-refractivity contribution in [2.24, 2.45) is 0 Å². The van der Waals surface area contributed by atoms with Crippen molar-refractivity contribution >= 4 is 69.8 Å². The average Bonchev–Trinajstić information content (AvgIpc) is 3.57. The van der Waals surface area contributed by atoms with Crippen molar-refractivity contribution in [2.75, 3.05) is 4.90 Å². The van der Waals surface area contributed by atoms with Gasteiger partial charge in [0, 0.05) is 59.0 Å². The number of aromatic nitrogens is 3. The molecule has 0 spiro atoms. The van der Waals surface area contributed by atoms with Crippen LogP contribution in [0.4, 0.5) is 5.69 Å². The zero-order valence-electron chi connectivity index (χ0n) is 28.3. The van der Waals surface area contributed by atoms with Gasteiger partial charge in [0.05, 0.1) is 16.7 Å². The third-order valence-electron chi connectivity index (χ3n) is 9.54. The highest BCUT2D eigenvalue weighted by Gasteiger charge is 2.21. The number of pyridine rings is 1. The van der Waals surface area contributed by atoms with Crippen molar-refractivity contribution in [3.8, 4) is 22.8 Å². The van der Waals surface area contributed by atoms with Crippen molar-refractivity contribution in [1.82, 2.24) is 15.0 Å². The fraction of sp³-hybridized carbons (Fsp3) is 0.0652. The quantitative estimate of drug-likeness (QED) is 0.125. The van der Waals surface area contributed by atoms with E-state index in [1.54, 1.807) is 0 Å². The molecule has 244 valence electrons. The average molecular weight is 675 g/mol. The summed E-state index contributed by atoms with van der Waals surface area (Å²) in [6.45, 7) is 6.03. The van der Waals surface area contributed by atoms with Gasteiger partial charge in [-0.1, -0.05) is 110 Å².